The zero-order valence-electron chi connectivity index (χ0n) is 12.3. The molecule has 2 atom stereocenters. The molecule has 0 amide bonds. The van der Waals surface area contributed by atoms with Gasteiger partial charge >= 0.3 is 11.9 Å². The maximum Gasteiger partial charge on any atom is 0.330 e. The van der Waals surface area contributed by atoms with E-state index < -0.39 is 24.5 Å². The molecule has 2 unspecified atom stereocenters. The van der Waals surface area contributed by atoms with Crippen molar-refractivity contribution in [3.8, 4) is 0 Å². The van der Waals surface area contributed by atoms with E-state index >= 15 is 0 Å². The number of rotatable bonds is 13. The second-order valence-electron chi connectivity index (χ2n) is 4.03. The van der Waals surface area contributed by atoms with Gasteiger partial charge in [0.15, 0.2) is 12.6 Å². The zero-order valence-corrected chi connectivity index (χ0v) is 12.3. The Balaban J connectivity index is 0. The van der Waals surface area contributed by atoms with Crippen LogP contribution in [0.2, 0.25) is 0 Å². The van der Waals surface area contributed by atoms with Crippen molar-refractivity contribution >= 4 is 11.9 Å². The monoisotopic (exact) mass is 334 g/mol. The summed E-state index contributed by atoms with van der Waals surface area (Å²) in [6, 6.07) is 0. The van der Waals surface area contributed by atoms with Gasteiger partial charge in [0.1, 0.15) is 13.2 Å². The van der Waals surface area contributed by atoms with Gasteiger partial charge in [0.25, 0.3) is 0 Å². The minimum Gasteiger partial charge on any atom is -0.457 e. The smallest absolute Gasteiger partial charge is 0.330 e. The molecule has 23 heavy (non-hydrogen) atoms. The normalized spacial score (nSPS) is 12.4. The number of aliphatic hydroxyl groups is 2. The standard InChI is InChI=1S/C14H22O8.CH4/c1-3-11(15)21-9-13(17)19-7-5-6-8-20-14(18)10-22-12(16)4-2;/h3-4,13-14,17-18H,1-2,5-10H2;1H4. The molecule has 0 aromatic heterocycles. The molecule has 134 valence electrons. The third kappa shape index (κ3) is 14.9. The van der Waals surface area contributed by atoms with Gasteiger partial charge in [0, 0.05) is 25.4 Å². The van der Waals surface area contributed by atoms with Gasteiger partial charge in [0.2, 0.25) is 0 Å². The first-order valence-corrected chi connectivity index (χ1v) is 6.67. The Morgan fingerprint density at radius 2 is 1.22 bits per heavy atom. The van der Waals surface area contributed by atoms with E-state index in [9.17, 15) is 19.8 Å². The molecule has 0 heterocycles. The van der Waals surface area contributed by atoms with Gasteiger partial charge in [-0.2, -0.15) is 0 Å². The van der Waals surface area contributed by atoms with Gasteiger partial charge in [0.05, 0.1) is 0 Å². The van der Waals surface area contributed by atoms with Crippen molar-refractivity contribution < 1.29 is 38.7 Å². The SMILES string of the molecule is C.C=CC(=O)OCC(O)OCCCCOC(O)COC(=O)C=C. The van der Waals surface area contributed by atoms with Crippen LogP contribution in [0.15, 0.2) is 25.3 Å². The molecule has 0 saturated carbocycles. The van der Waals surface area contributed by atoms with Crippen LogP contribution in [0.1, 0.15) is 20.3 Å². The Labute approximate surface area is 136 Å². The summed E-state index contributed by atoms with van der Waals surface area (Å²) in [5.74, 6) is -1.27. The molecular formula is C15H26O8. The Morgan fingerprint density at radius 3 is 1.52 bits per heavy atom. The van der Waals surface area contributed by atoms with Crippen molar-refractivity contribution in [1.82, 2.24) is 0 Å². The lowest BCUT2D eigenvalue weighted by Crippen LogP contribution is -2.22. The highest BCUT2D eigenvalue weighted by Gasteiger charge is 2.08. The molecule has 2 N–H and O–H groups in total. The number of carbonyl (C=O) groups is 2. The maximum absolute atomic E-state index is 10.7. The molecule has 0 aliphatic heterocycles. The average Bonchev–Trinajstić information content (AvgIpc) is 2.53. The van der Waals surface area contributed by atoms with E-state index in [1.54, 1.807) is 0 Å². The minimum atomic E-state index is -1.20. The summed E-state index contributed by atoms with van der Waals surface area (Å²) in [5.41, 5.74) is 0. The number of hydrogen-bond donors (Lipinski definition) is 2. The van der Waals surface area contributed by atoms with Gasteiger partial charge in [-0.3, -0.25) is 0 Å². The minimum absolute atomic E-state index is 0. The second kappa shape index (κ2) is 15.2. The van der Waals surface area contributed by atoms with Crippen LogP contribution >= 0.6 is 0 Å². The lowest BCUT2D eigenvalue weighted by molar-refractivity contribution is -0.165. The van der Waals surface area contributed by atoms with E-state index in [0.717, 1.165) is 12.2 Å². The molecule has 0 aliphatic carbocycles. The first kappa shape index (κ1) is 23.5. The van der Waals surface area contributed by atoms with Crippen molar-refractivity contribution in [3.05, 3.63) is 25.3 Å². The van der Waals surface area contributed by atoms with E-state index in [-0.39, 0.29) is 33.9 Å². The lowest BCUT2D eigenvalue weighted by Gasteiger charge is -2.13. The van der Waals surface area contributed by atoms with Crippen LogP contribution in [0.3, 0.4) is 0 Å². The Morgan fingerprint density at radius 1 is 0.870 bits per heavy atom. The summed E-state index contributed by atoms with van der Waals surface area (Å²) < 4.78 is 19.1. The molecule has 0 aromatic carbocycles. The van der Waals surface area contributed by atoms with Crippen LogP contribution in [0.4, 0.5) is 0 Å². The number of unbranched alkanes of at least 4 members (excludes halogenated alkanes) is 1. The predicted octanol–water partition coefficient (Wildman–Crippen LogP) is 0.531. The van der Waals surface area contributed by atoms with Gasteiger partial charge in [-0.15, -0.1) is 0 Å². The molecule has 0 bridgehead atoms. The quantitative estimate of drug-likeness (QED) is 0.217. The largest absolute Gasteiger partial charge is 0.457 e. The number of ether oxygens (including phenoxy) is 4. The molecule has 0 radical (unpaired) electrons. The fourth-order valence-corrected chi connectivity index (χ4v) is 1.16. The van der Waals surface area contributed by atoms with E-state index in [0.29, 0.717) is 12.8 Å². The fraction of sp³-hybridized carbons (Fsp3) is 0.600. The molecular weight excluding hydrogens is 308 g/mol. The van der Waals surface area contributed by atoms with E-state index in [4.69, 9.17) is 9.47 Å². The highest BCUT2D eigenvalue weighted by Crippen LogP contribution is 1.98. The lowest BCUT2D eigenvalue weighted by atomic mass is 10.3. The average molecular weight is 334 g/mol. The molecule has 0 rings (SSSR count). The van der Waals surface area contributed by atoms with Gasteiger partial charge in [-0.25, -0.2) is 9.59 Å². The van der Waals surface area contributed by atoms with Crippen LogP contribution < -0.4 is 0 Å². The topological polar surface area (TPSA) is 112 Å². The number of carbonyl (C=O) groups excluding carboxylic acids is 2. The first-order chi connectivity index (χ1) is 10.5. The molecule has 8 nitrogen and oxygen atoms in total. The molecule has 8 heteroatoms. The van der Waals surface area contributed by atoms with Crippen molar-refractivity contribution in [3.63, 3.8) is 0 Å². The van der Waals surface area contributed by atoms with Crippen molar-refractivity contribution in [2.45, 2.75) is 32.8 Å². The van der Waals surface area contributed by atoms with E-state index in [1.807, 2.05) is 0 Å². The van der Waals surface area contributed by atoms with Gasteiger partial charge < -0.3 is 29.2 Å². The third-order valence-corrected chi connectivity index (χ3v) is 2.23. The summed E-state index contributed by atoms with van der Waals surface area (Å²) in [5, 5.41) is 18.6. The number of aliphatic hydroxyl groups excluding tert-OH is 2. The van der Waals surface area contributed by atoms with Crippen LogP contribution in [0.25, 0.3) is 0 Å². The Hall–Kier alpha value is -1.74. The molecule has 0 fully saturated rings. The summed E-state index contributed by atoms with van der Waals surface area (Å²) in [6.45, 7) is 6.35. The van der Waals surface area contributed by atoms with E-state index in [1.165, 1.54) is 0 Å². The number of hydrogen-bond acceptors (Lipinski definition) is 8. The highest BCUT2D eigenvalue weighted by molar-refractivity contribution is 5.81. The first-order valence-electron chi connectivity index (χ1n) is 6.67. The maximum atomic E-state index is 10.7. The van der Waals surface area contributed by atoms with Gasteiger partial charge in [-0.05, 0) is 12.8 Å². The summed E-state index contributed by atoms with van der Waals surface area (Å²) in [6.07, 6.45) is 0.697. The van der Waals surface area contributed by atoms with Crippen LogP contribution in [0, 0.1) is 0 Å². The predicted molar refractivity (Wildman–Crippen MR) is 82.2 cm³/mol. The van der Waals surface area contributed by atoms with Crippen molar-refractivity contribution in [2.24, 2.45) is 0 Å². The van der Waals surface area contributed by atoms with Crippen LogP contribution in [-0.2, 0) is 28.5 Å². The molecule has 0 aromatic rings. The fourth-order valence-electron chi connectivity index (χ4n) is 1.16. The summed E-state index contributed by atoms with van der Waals surface area (Å²) in [7, 11) is 0. The molecule has 0 aliphatic rings. The van der Waals surface area contributed by atoms with Crippen molar-refractivity contribution in [1.29, 1.82) is 0 Å². The second-order valence-corrected chi connectivity index (χ2v) is 4.03. The summed E-state index contributed by atoms with van der Waals surface area (Å²) in [4.78, 5) is 21.5. The Bertz CT molecular complexity index is 321. The van der Waals surface area contributed by atoms with E-state index in [2.05, 4.69) is 22.6 Å². The van der Waals surface area contributed by atoms with Crippen LogP contribution in [0.5, 0.6) is 0 Å². The third-order valence-electron chi connectivity index (χ3n) is 2.23. The Kier molecular flexibility index (Phi) is 15.5. The van der Waals surface area contributed by atoms with Gasteiger partial charge in [-0.1, -0.05) is 20.6 Å². The zero-order chi connectivity index (χ0) is 16.8. The highest BCUT2D eigenvalue weighted by atomic mass is 16.6. The molecule has 0 saturated heterocycles. The number of esters is 2. The van der Waals surface area contributed by atoms with Crippen LogP contribution in [-0.4, -0.2) is 61.2 Å². The van der Waals surface area contributed by atoms with Crippen molar-refractivity contribution in [2.75, 3.05) is 26.4 Å². The molecule has 0 spiro atoms. The summed E-state index contributed by atoms with van der Waals surface area (Å²) >= 11 is 0.